The Balaban J connectivity index is 1.87. The van der Waals surface area contributed by atoms with Gasteiger partial charge in [-0.05, 0) is 44.2 Å². The number of aliphatic hydroxyl groups is 1. The molecule has 1 aromatic carbocycles. The number of benzene rings is 1. The lowest BCUT2D eigenvalue weighted by atomic mass is 9.77. The molecule has 6 heteroatoms. The molecular weight excluding hydrogens is 276 g/mol. The zero-order valence-corrected chi connectivity index (χ0v) is 12.1. The molecular formula is C14H20N2O3S. The molecule has 20 heavy (non-hydrogen) atoms. The maximum atomic E-state index is 12.4. The van der Waals surface area contributed by atoms with Crippen molar-refractivity contribution in [3.8, 4) is 0 Å². The molecule has 0 unspecified atom stereocenters. The smallest absolute Gasteiger partial charge is 0.242 e. The highest BCUT2D eigenvalue weighted by Crippen LogP contribution is 2.36. The largest absolute Gasteiger partial charge is 0.394 e. The van der Waals surface area contributed by atoms with Gasteiger partial charge in [-0.1, -0.05) is 12.1 Å². The van der Waals surface area contributed by atoms with Crippen LogP contribution in [0.3, 0.4) is 0 Å². The van der Waals surface area contributed by atoms with E-state index in [1.54, 1.807) is 18.2 Å². The van der Waals surface area contributed by atoms with Gasteiger partial charge in [-0.2, -0.15) is 0 Å². The van der Waals surface area contributed by atoms with Crippen LogP contribution in [0.1, 0.15) is 32.1 Å². The molecule has 0 radical (unpaired) electrons. The summed E-state index contributed by atoms with van der Waals surface area (Å²) >= 11 is 0. The van der Waals surface area contributed by atoms with Gasteiger partial charge >= 0.3 is 0 Å². The van der Waals surface area contributed by atoms with E-state index in [4.69, 9.17) is 0 Å². The number of hydrogen-bond acceptors (Lipinski definition) is 4. The lowest BCUT2D eigenvalue weighted by molar-refractivity contribution is 0.144. The van der Waals surface area contributed by atoms with Crippen LogP contribution in [0, 0.1) is 0 Å². The van der Waals surface area contributed by atoms with E-state index in [1.807, 2.05) is 6.07 Å². The second kappa shape index (κ2) is 5.02. The summed E-state index contributed by atoms with van der Waals surface area (Å²) in [6.07, 6.45) is 4.62. The maximum absolute atomic E-state index is 12.4. The third-order valence-corrected chi connectivity index (χ3v) is 5.67. The third kappa shape index (κ3) is 2.68. The highest BCUT2D eigenvalue weighted by molar-refractivity contribution is 7.89. The second-order valence-corrected chi connectivity index (χ2v) is 7.49. The summed E-state index contributed by atoms with van der Waals surface area (Å²) in [7, 11) is -3.49. The average Bonchev–Trinajstić information content (AvgIpc) is 3.17. The Hall–Kier alpha value is -1.11. The average molecular weight is 296 g/mol. The molecule has 0 spiro atoms. The predicted molar refractivity (Wildman–Crippen MR) is 77.1 cm³/mol. The highest BCUT2D eigenvalue weighted by atomic mass is 32.2. The summed E-state index contributed by atoms with van der Waals surface area (Å²) in [6, 6.07) is 6.98. The van der Waals surface area contributed by atoms with Gasteiger partial charge in [0.2, 0.25) is 10.0 Å². The predicted octanol–water partition coefficient (Wildman–Crippen LogP) is 1.45. The van der Waals surface area contributed by atoms with E-state index in [0.717, 1.165) is 32.1 Å². The Bertz CT molecular complexity index is 587. The Morgan fingerprint density at radius 2 is 1.95 bits per heavy atom. The van der Waals surface area contributed by atoms with Crippen molar-refractivity contribution in [2.45, 2.75) is 48.6 Å². The van der Waals surface area contributed by atoms with Gasteiger partial charge in [0.1, 0.15) is 4.90 Å². The highest BCUT2D eigenvalue weighted by Gasteiger charge is 2.37. The molecule has 2 aliphatic carbocycles. The van der Waals surface area contributed by atoms with Gasteiger partial charge in [0.25, 0.3) is 0 Å². The molecule has 5 nitrogen and oxygen atoms in total. The minimum Gasteiger partial charge on any atom is -0.394 e. The van der Waals surface area contributed by atoms with Crippen molar-refractivity contribution in [2.24, 2.45) is 0 Å². The number of aliphatic hydroxyl groups excluding tert-OH is 1. The maximum Gasteiger partial charge on any atom is 0.242 e. The molecule has 2 aliphatic rings. The van der Waals surface area contributed by atoms with Gasteiger partial charge in [-0.15, -0.1) is 0 Å². The van der Waals surface area contributed by atoms with Gasteiger partial charge in [-0.25, -0.2) is 13.1 Å². The normalized spacial score (nSPS) is 21.2. The van der Waals surface area contributed by atoms with Gasteiger partial charge in [0, 0.05) is 6.04 Å². The minimum absolute atomic E-state index is 0.0252. The van der Waals surface area contributed by atoms with Crippen molar-refractivity contribution in [1.29, 1.82) is 0 Å². The Kier molecular flexibility index (Phi) is 3.48. The molecule has 0 atom stereocenters. The van der Waals surface area contributed by atoms with E-state index < -0.39 is 10.0 Å². The van der Waals surface area contributed by atoms with Crippen LogP contribution in [-0.4, -0.2) is 31.7 Å². The molecule has 0 aromatic heterocycles. The van der Waals surface area contributed by atoms with Crippen LogP contribution < -0.4 is 10.0 Å². The van der Waals surface area contributed by atoms with Crippen LogP contribution in [0.2, 0.25) is 0 Å². The lowest BCUT2D eigenvalue weighted by Gasteiger charge is -2.42. The summed E-state index contributed by atoms with van der Waals surface area (Å²) in [6.45, 7) is 0.0252. The van der Waals surface area contributed by atoms with Crippen LogP contribution in [0.15, 0.2) is 29.2 Å². The molecule has 2 saturated carbocycles. The fourth-order valence-electron chi connectivity index (χ4n) is 2.50. The number of anilines is 1. The van der Waals surface area contributed by atoms with Crippen LogP contribution in [0.25, 0.3) is 0 Å². The lowest BCUT2D eigenvalue weighted by Crippen LogP contribution is -2.48. The van der Waals surface area contributed by atoms with Crippen molar-refractivity contribution in [2.75, 3.05) is 11.9 Å². The topological polar surface area (TPSA) is 78.4 Å². The van der Waals surface area contributed by atoms with E-state index in [1.165, 1.54) is 0 Å². The Morgan fingerprint density at radius 3 is 2.50 bits per heavy atom. The number of rotatable bonds is 6. The van der Waals surface area contributed by atoms with Crippen molar-refractivity contribution < 1.29 is 13.5 Å². The van der Waals surface area contributed by atoms with Gasteiger partial charge in [-0.3, -0.25) is 0 Å². The zero-order valence-electron chi connectivity index (χ0n) is 11.3. The Morgan fingerprint density at radius 1 is 1.25 bits per heavy atom. The molecule has 0 amide bonds. The standard InChI is InChI=1S/C14H20N2O3S/c17-10-14(8-3-9-14)15-12-4-1-2-5-13(12)20(18,19)16-11-6-7-11/h1-2,4-5,11,15-17H,3,6-10H2. The quantitative estimate of drug-likeness (QED) is 0.742. The summed E-state index contributed by atoms with van der Waals surface area (Å²) in [5, 5.41) is 12.8. The first kappa shape index (κ1) is 13.9. The van der Waals surface area contributed by atoms with Crippen molar-refractivity contribution in [1.82, 2.24) is 4.72 Å². The van der Waals surface area contributed by atoms with Crippen molar-refractivity contribution in [3.05, 3.63) is 24.3 Å². The van der Waals surface area contributed by atoms with E-state index in [9.17, 15) is 13.5 Å². The van der Waals surface area contributed by atoms with Gasteiger partial charge in [0.05, 0.1) is 17.8 Å². The fraction of sp³-hybridized carbons (Fsp3) is 0.571. The fourth-order valence-corrected chi connectivity index (χ4v) is 3.97. The SMILES string of the molecule is O=S(=O)(NC1CC1)c1ccccc1NC1(CO)CCC1. The van der Waals surface area contributed by atoms with E-state index >= 15 is 0 Å². The van der Waals surface area contributed by atoms with E-state index in [-0.39, 0.29) is 23.1 Å². The number of hydrogen-bond donors (Lipinski definition) is 3. The molecule has 0 heterocycles. The van der Waals surface area contributed by atoms with Crippen LogP contribution in [0.4, 0.5) is 5.69 Å². The van der Waals surface area contributed by atoms with Crippen LogP contribution >= 0.6 is 0 Å². The summed E-state index contributed by atoms with van der Waals surface area (Å²) in [5.74, 6) is 0. The molecule has 0 saturated heterocycles. The minimum atomic E-state index is -3.49. The number of sulfonamides is 1. The number of nitrogens with one attached hydrogen (secondary N) is 2. The summed E-state index contributed by atoms with van der Waals surface area (Å²) in [5.41, 5.74) is 0.222. The number of para-hydroxylation sites is 1. The molecule has 0 aliphatic heterocycles. The first-order valence-electron chi connectivity index (χ1n) is 7.05. The van der Waals surface area contributed by atoms with Crippen molar-refractivity contribution >= 4 is 15.7 Å². The van der Waals surface area contributed by atoms with Crippen LogP contribution in [0.5, 0.6) is 0 Å². The first-order chi connectivity index (χ1) is 9.55. The van der Waals surface area contributed by atoms with Crippen LogP contribution in [-0.2, 0) is 10.0 Å². The van der Waals surface area contributed by atoms with Crippen molar-refractivity contribution in [3.63, 3.8) is 0 Å². The van der Waals surface area contributed by atoms with E-state index in [2.05, 4.69) is 10.0 Å². The molecule has 1 aromatic rings. The first-order valence-corrected chi connectivity index (χ1v) is 8.53. The summed E-state index contributed by atoms with van der Waals surface area (Å²) in [4.78, 5) is 0.270. The van der Waals surface area contributed by atoms with Gasteiger partial charge < -0.3 is 10.4 Å². The summed E-state index contributed by atoms with van der Waals surface area (Å²) < 4.78 is 27.4. The zero-order chi connectivity index (χ0) is 14.2. The monoisotopic (exact) mass is 296 g/mol. The molecule has 3 rings (SSSR count). The third-order valence-electron chi connectivity index (χ3n) is 4.09. The Labute approximate surface area is 119 Å². The molecule has 0 bridgehead atoms. The molecule has 3 N–H and O–H groups in total. The van der Waals surface area contributed by atoms with E-state index in [0.29, 0.717) is 5.69 Å². The van der Waals surface area contributed by atoms with Gasteiger partial charge in [0.15, 0.2) is 0 Å². The molecule has 2 fully saturated rings. The molecule has 110 valence electrons. The second-order valence-electron chi connectivity index (χ2n) is 5.81.